The fourth-order valence-corrected chi connectivity index (χ4v) is 2.84. The van der Waals surface area contributed by atoms with Crippen LogP contribution in [0.5, 0.6) is 5.75 Å². The van der Waals surface area contributed by atoms with Crippen molar-refractivity contribution < 1.29 is 4.74 Å². The van der Waals surface area contributed by atoms with E-state index in [1.54, 1.807) is 24.4 Å². The van der Waals surface area contributed by atoms with Gasteiger partial charge in [-0.3, -0.25) is 4.57 Å². The molecule has 2 heterocycles. The van der Waals surface area contributed by atoms with Crippen molar-refractivity contribution in [3.05, 3.63) is 36.4 Å². The van der Waals surface area contributed by atoms with Gasteiger partial charge in [0.1, 0.15) is 18.4 Å². The molecule has 6 heteroatoms. The van der Waals surface area contributed by atoms with Crippen LogP contribution in [0.3, 0.4) is 0 Å². The van der Waals surface area contributed by atoms with Crippen molar-refractivity contribution in [2.24, 2.45) is 4.99 Å². The predicted molar refractivity (Wildman–Crippen MR) is 80.7 cm³/mol. The summed E-state index contributed by atoms with van der Waals surface area (Å²) in [6.45, 7) is 2.94. The van der Waals surface area contributed by atoms with Gasteiger partial charge < -0.3 is 4.74 Å². The van der Waals surface area contributed by atoms with Crippen LogP contribution in [0.2, 0.25) is 0 Å². The third kappa shape index (κ3) is 2.85. The van der Waals surface area contributed by atoms with E-state index < -0.39 is 0 Å². The summed E-state index contributed by atoms with van der Waals surface area (Å²) in [5.41, 5.74) is 2.20. The standard InChI is InChI=1S/C14H16N4OS/c1-2-3-6-19-12-4-5-13-11(7-12)8-20-14(17-13)18-9-15-16-10-18/h4-5,7,9-10H,2-3,6,8H2,1H3. The Bertz CT molecular complexity index is 610. The second-order valence-corrected chi connectivity index (χ2v) is 5.49. The van der Waals surface area contributed by atoms with Gasteiger partial charge in [0.05, 0.1) is 12.3 Å². The van der Waals surface area contributed by atoms with Crippen molar-refractivity contribution in [2.75, 3.05) is 6.61 Å². The fourth-order valence-electron chi connectivity index (χ4n) is 1.92. The van der Waals surface area contributed by atoms with Crippen molar-refractivity contribution in [1.29, 1.82) is 0 Å². The molecule has 1 aliphatic rings. The molecule has 0 saturated heterocycles. The van der Waals surface area contributed by atoms with Gasteiger partial charge in [-0.05, 0) is 30.2 Å². The monoisotopic (exact) mass is 288 g/mol. The molecular formula is C14H16N4OS. The molecule has 1 aromatic heterocycles. The summed E-state index contributed by atoms with van der Waals surface area (Å²) >= 11 is 1.68. The lowest BCUT2D eigenvalue weighted by atomic mass is 10.2. The Labute approximate surface area is 122 Å². The molecule has 0 radical (unpaired) electrons. The summed E-state index contributed by atoms with van der Waals surface area (Å²) < 4.78 is 7.56. The van der Waals surface area contributed by atoms with E-state index in [1.807, 2.05) is 16.7 Å². The average molecular weight is 288 g/mol. The van der Waals surface area contributed by atoms with Gasteiger partial charge in [-0.1, -0.05) is 25.1 Å². The number of rotatable bonds is 4. The normalized spacial score (nSPS) is 13.8. The largest absolute Gasteiger partial charge is 0.494 e. The molecule has 20 heavy (non-hydrogen) atoms. The quantitative estimate of drug-likeness (QED) is 0.810. The minimum absolute atomic E-state index is 0.775. The first-order valence-corrected chi connectivity index (χ1v) is 7.67. The van der Waals surface area contributed by atoms with Crippen molar-refractivity contribution in [1.82, 2.24) is 14.8 Å². The Morgan fingerprint density at radius 3 is 2.95 bits per heavy atom. The smallest absolute Gasteiger partial charge is 0.175 e. The Morgan fingerprint density at radius 1 is 1.30 bits per heavy atom. The van der Waals surface area contributed by atoms with E-state index in [1.165, 1.54) is 5.56 Å². The van der Waals surface area contributed by atoms with Crippen molar-refractivity contribution in [2.45, 2.75) is 25.5 Å². The molecule has 0 bridgehead atoms. The number of ether oxygens (including phenoxy) is 1. The predicted octanol–water partition coefficient (Wildman–Crippen LogP) is 3.24. The lowest BCUT2D eigenvalue weighted by molar-refractivity contribution is 0.309. The Hall–Kier alpha value is -1.82. The number of thioether (sulfide) groups is 1. The number of hydrogen-bond acceptors (Lipinski definition) is 5. The van der Waals surface area contributed by atoms with Crippen LogP contribution in [0.25, 0.3) is 0 Å². The molecule has 5 nitrogen and oxygen atoms in total. The first-order valence-electron chi connectivity index (χ1n) is 6.69. The maximum atomic E-state index is 5.73. The molecule has 0 saturated carbocycles. The van der Waals surface area contributed by atoms with Crippen molar-refractivity contribution >= 4 is 22.6 Å². The minimum atomic E-state index is 0.775. The van der Waals surface area contributed by atoms with E-state index in [0.717, 1.165) is 41.8 Å². The highest BCUT2D eigenvalue weighted by atomic mass is 32.2. The van der Waals surface area contributed by atoms with Gasteiger partial charge in [-0.15, -0.1) is 10.2 Å². The van der Waals surface area contributed by atoms with Crippen molar-refractivity contribution in [3.8, 4) is 5.75 Å². The summed E-state index contributed by atoms with van der Waals surface area (Å²) in [6.07, 6.45) is 5.56. The molecule has 0 aliphatic carbocycles. The average Bonchev–Trinajstić information content (AvgIpc) is 3.01. The molecule has 104 valence electrons. The van der Waals surface area contributed by atoms with E-state index >= 15 is 0 Å². The molecule has 1 aliphatic heterocycles. The van der Waals surface area contributed by atoms with E-state index in [4.69, 9.17) is 4.74 Å². The summed E-state index contributed by atoms with van der Waals surface area (Å²) in [7, 11) is 0. The lowest BCUT2D eigenvalue weighted by Gasteiger charge is -2.16. The lowest BCUT2D eigenvalue weighted by Crippen LogP contribution is -2.09. The summed E-state index contributed by atoms with van der Waals surface area (Å²) in [4.78, 5) is 4.63. The fraction of sp³-hybridized carbons (Fsp3) is 0.357. The molecule has 1 aromatic carbocycles. The van der Waals surface area contributed by atoms with Crippen LogP contribution in [0.4, 0.5) is 5.69 Å². The summed E-state index contributed by atoms with van der Waals surface area (Å²) in [6, 6.07) is 6.09. The second kappa shape index (κ2) is 6.09. The zero-order valence-corrected chi connectivity index (χ0v) is 12.1. The van der Waals surface area contributed by atoms with E-state index in [0.29, 0.717) is 0 Å². The van der Waals surface area contributed by atoms with E-state index in [2.05, 4.69) is 28.2 Å². The SMILES string of the molecule is CCCCOc1ccc2c(c1)CSC(n1cnnc1)=N2. The van der Waals surface area contributed by atoms with Crippen LogP contribution in [0.15, 0.2) is 35.8 Å². The maximum Gasteiger partial charge on any atom is 0.175 e. The van der Waals surface area contributed by atoms with Crippen molar-refractivity contribution in [3.63, 3.8) is 0 Å². The summed E-state index contributed by atoms with van der Waals surface area (Å²) in [5, 5.41) is 8.52. The van der Waals surface area contributed by atoms with Gasteiger partial charge in [0.25, 0.3) is 0 Å². The third-order valence-corrected chi connectivity index (χ3v) is 4.05. The highest BCUT2D eigenvalue weighted by Crippen LogP contribution is 2.33. The maximum absolute atomic E-state index is 5.73. The van der Waals surface area contributed by atoms with Crippen LogP contribution in [-0.4, -0.2) is 26.5 Å². The number of aromatic nitrogens is 3. The van der Waals surface area contributed by atoms with Gasteiger partial charge in [0.2, 0.25) is 0 Å². The molecule has 0 fully saturated rings. The first-order chi connectivity index (χ1) is 9.86. The number of fused-ring (bicyclic) bond motifs is 1. The first kappa shape index (κ1) is 13.2. The van der Waals surface area contributed by atoms with Gasteiger partial charge >= 0.3 is 0 Å². The molecule has 2 aromatic rings. The second-order valence-electron chi connectivity index (χ2n) is 4.54. The number of benzene rings is 1. The van der Waals surface area contributed by atoms with Gasteiger partial charge in [-0.2, -0.15) is 0 Å². The van der Waals surface area contributed by atoms with E-state index in [9.17, 15) is 0 Å². The number of aliphatic imine (C=N–C) groups is 1. The summed E-state index contributed by atoms with van der Waals surface area (Å²) in [5.74, 6) is 1.82. The molecule has 0 unspecified atom stereocenters. The van der Waals surface area contributed by atoms with Crippen LogP contribution < -0.4 is 4.74 Å². The Morgan fingerprint density at radius 2 is 2.15 bits per heavy atom. The molecule has 3 rings (SSSR count). The highest BCUT2D eigenvalue weighted by molar-refractivity contribution is 8.13. The topological polar surface area (TPSA) is 52.3 Å². The van der Waals surface area contributed by atoms with Crippen LogP contribution >= 0.6 is 11.8 Å². The zero-order valence-electron chi connectivity index (χ0n) is 11.3. The van der Waals surface area contributed by atoms with Crippen LogP contribution in [0.1, 0.15) is 25.3 Å². The molecule has 0 N–H and O–H groups in total. The molecule has 0 amide bonds. The van der Waals surface area contributed by atoms with Gasteiger partial charge in [-0.25, -0.2) is 4.99 Å². The number of unbranched alkanes of at least 4 members (excludes halogenated alkanes) is 1. The minimum Gasteiger partial charge on any atom is -0.494 e. The zero-order chi connectivity index (χ0) is 13.8. The number of hydrogen-bond donors (Lipinski definition) is 0. The van der Waals surface area contributed by atoms with Crippen LogP contribution in [-0.2, 0) is 5.75 Å². The molecular weight excluding hydrogens is 272 g/mol. The van der Waals surface area contributed by atoms with Crippen LogP contribution in [0, 0.1) is 0 Å². The molecule has 0 spiro atoms. The highest BCUT2D eigenvalue weighted by Gasteiger charge is 2.14. The van der Waals surface area contributed by atoms with E-state index in [-0.39, 0.29) is 0 Å². The van der Waals surface area contributed by atoms with Gasteiger partial charge in [0.15, 0.2) is 5.17 Å². The number of nitrogens with zero attached hydrogens (tertiary/aromatic N) is 4. The molecule has 0 atom stereocenters. The third-order valence-electron chi connectivity index (χ3n) is 3.03. The Kier molecular flexibility index (Phi) is 4.01. The van der Waals surface area contributed by atoms with Gasteiger partial charge in [0, 0.05) is 5.75 Å². The Balaban J connectivity index is 1.78.